The predicted octanol–water partition coefficient (Wildman–Crippen LogP) is 0.516. The van der Waals surface area contributed by atoms with Crippen LogP contribution >= 0.6 is 0 Å². The third-order valence-electron chi connectivity index (χ3n) is 1.39. The number of hydrogen-bond donors (Lipinski definition) is 1. The highest BCUT2D eigenvalue weighted by Gasteiger charge is 2.08. The van der Waals surface area contributed by atoms with E-state index in [0.29, 0.717) is 5.88 Å². The molecule has 0 aromatic carbocycles. The maximum atomic E-state index is 10.9. The molecule has 14 heavy (non-hydrogen) atoms. The van der Waals surface area contributed by atoms with Crippen molar-refractivity contribution in [3.05, 3.63) is 18.3 Å². The first-order valence-electron chi connectivity index (χ1n) is 4.05. The number of hydrogen-bond acceptors (Lipinski definition) is 4. The third-order valence-corrected chi connectivity index (χ3v) is 2.29. The molecule has 0 unspecified atom stereocenters. The van der Waals surface area contributed by atoms with Gasteiger partial charge in [-0.1, -0.05) is 0 Å². The summed E-state index contributed by atoms with van der Waals surface area (Å²) < 4.78 is 27.0. The van der Waals surface area contributed by atoms with E-state index in [4.69, 9.17) is 9.88 Å². The van der Waals surface area contributed by atoms with Gasteiger partial charge in [0.05, 0.1) is 12.3 Å². The van der Waals surface area contributed by atoms with E-state index < -0.39 is 10.0 Å². The van der Waals surface area contributed by atoms with Gasteiger partial charge in [-0.05, 0) is 19.9 Å². The van der Waals surface area contributed by atoms with Crippen LogP contribution in [0, 0.1) is 0 Å². The smallest absolute Gasteiger partial charge is 0.239 e. The Morgan fingerprint density at radius 3 is 2.43 bits per heavy atom. The fraction of sp³-hybridized carbons (Fsp3) is 0.375. The molecule has 1 heterocycles. The molecule has 0 bridgehead atoms. The molecule has 0 amide bonds. The Morgan fingerprint density at radius 2 is 2.07 bits per heavy atom. The summed E-state index contributed by atoms with van der Waals surface area (Å²) in [4.78, 5) is 3.78. The van der Waals surface area contributed by atoms with Crippen LogP contribution in [-0.4, -0.2) is 19.5 Å². The Kier molecular flexibility index (Phi) is 3.07. The maximum absolute atomic E-state index is 10.9. The summed E-state index contributed by atoms with van der Waals surface area (Å²) in [7, 11) is -3.67. The van der Waals surface area contributed by atoms with Gasteiger partial charge in [0.25, 0.3) is 0 Å². The first-order valence-corrected chi connectivity index (χ1v) is 5.60. The van der Waals surface area contributed by atoms with Crippen LogP contribution < -0.4 is 9.88 Å². The minimum Gasteiger partial charge on any atom is -0.475 e. The number of pyridine rings is 1. The normalized spacial score (nSPS) is 11.7. The summed E-state index contributed by atoms with van der Waals surface area (Å²) in [5, 5.41) is 4.90. The second-order valence-electron chi connectivity index (χ2n) is 3.04. The van der Waals surface area contributed by atoms with Gasteiger partial charge >= 0.3 is 0 Å². The Morgan fingerprint density at radius 1 is 1.43 bits per heavy atom. The second-order valence-corrected chi connectivity index (χ2v) is 4.61. The Labute approximate surface area is 83.0 Å². The standard InChI is InChI=1S/C8H12N2O3S/c1-6(2)13-8-4-3-7(5-10-8)14(9,11)12/h3-6H,1-2H3,(H2,9,11,12). The topological polar surface area (TPSA) is 82.3 Å². The van der Waals surface area contributed by atoms with Crippen molar-refractivity contribution in [2.45, 2.75) is 24.8 Å². The van der Waals surface area contributed by atoms with Crippen molar-refractivity contribution < 1.29 is 13.2 Å². The molecule has 5 nitrogen and oxygen atoms in total. The first kappa shape index (κ1) is 10.9. The number of nitrogens with two attached hydrogens (primary N) is 1. The van der Waals surface area contributed by atoms with Crippen LogP contribution in [-0.2, 0) is 10.0 Å². The van der Waals surface area contributed by atoms with Gasteiger partial charge in [0.15, 0.2) is 0 Å². The van der Waals surface area contributed by atoms with Gasteiger partial charge in [0.1, 0.15) is 4.90 Å². The van der Waals surface area contributed by atoms with Crippen molar-refractivity contribution in [2.75, 3.05) is 0 Å². The molecule has 2 N–H and O–H groups in total. The molecule has 0 fully saturated rings. The lowest BCUT2D eigenvalue weighted by molar-refractivity contribution is 0.232. The highest BCUT2D eigenvalue weighted by Crippen LogP contribution is 2.11. The van der Waals surface area contributed by atoms with E-state index in [2.05, 4.69) is 4.98 Å². The fourth-order valence-corrected chi connectivity index (χ4v) is 1.30. The lowest BCUT2D eigenvalue weighted by Gasteiger charge is -2.07. The molecular formula is C8H12N2O3S. The lowest BCUT2D eigenvalue weighted by Crippen LogP contribution is -2.13. The van der Waals surface area contributed by atoms with E-state index in [1.165, 1.54) is 18.3 Å². The maximum Gasteiger partial charge on any atom is 0.239 e. The van der Waals surface area contributed by atoms with E-state index in [1.807, 2.05) is 13.8 Å². The van der Waals surface area contributed by atoms with Crippen LogP contribution in [0.25, 0.3) is 0 Å². The molecule has 6 heteroatoms. The third kappa shape index (κ3) is 2.97. The molecule has 0 aliphatic carbocycles. The van der Waals surface area contributed by atoms with Crippen molar-refractivity contribution in [3.63, 3.8) is 0 Å². The molecule has 0 atom stereocenters. The lowest BCUT2D eigenvalue weighted by atomic mass is 10.4. The summed E-state index contributed by atoms with van der Waals surface area (Å²) in [6.07, 6.45) is 1.18. The number of sulfonamides is 1. The molecule has 78 valence electrons. The zero-order valence-corrected chi connectivity index (χ0v) is 8.78. The molecule has 1 aromatic heterocycles. The summed E-state index contributed by atoms with van der Waals surface area (Å²) in [5.41, 5.74) is 0. The van der Waals surface area contributed by atoms with Crippen molar-refractivity contribution in [2.24, 2.45) is 5.14 Å². The highest BCUT2D eigenvalue weighted by atomic mass is 32.2. The van der Waals surface area contributed by atoms with Crippen LogP contribution in [0.3, 0.4) is 0 Å². The average molecular weight is 216 g/mol. The SMILES string of the molecule is CC(C)Oc1ccc(S(N)(=O)=O)cn1. The number of primary sulfonamides is 1. The fourth-order valence-electron chi connectivity index (χ4n) is 0.846. The second kappa shape index (κ2) is 3.93. The van der Waals surface area contributed by atoms with Crippen molar-refractivity contribution >= 4 is 10.0 Å². The van der Waals surface area contributed by atoms with E-state index in [-0.39, 0.29) is 11.0 Å². The zero-order valence-electron chi connectivity index (χ0n) is 7.97. The molecule has 0 saturated heterocycles. The van der Waals surface area contributed by atoms with E-state index in [0.717, 1.165) is 0 Å². The minimum absolute atomic E-state index is 0.00262. The minimum atomic E-state index is -3.67. The van der Waals surface area contributed by atoms with Gasteiger partial charge in [0.2, 0.25) is 15.9 Å². The van der Waals surface area contributed by atoms with Gasteiger partial charge < -0.3 is 4.74 Å². The number of aromatic nitrogens is 1. The van der Waals surface area contributed by atoms with Crippen LogP contribution in [0.4, 0.5) is 0 Å². The highest BCUT2D eigenvalue weighted by molar-refractivity contribution is 7.89. The van der Waals surface area contributed by atoms with Gasteiger partial charge in [0, 0.05) is 6.07 Å². The quantitative estimate of drug-likeness (QED) is 0.798. The molecule has 0 aliphatic rings. The molecule has 0 saturated carbocycles. The zero-order chi connectivity index (χ0) is 10.8. The summed E-state index contributed by atoms with van der Waals surface area (Å²) >= 11 is 0. The van der Waals surface area contributed by atoms with Crippen molar-refractivity contribution in [1.29, 1.82) is 0 Å². The monoisotopic (exact) mass is 216 g/mol. The molecule has 0 spiro atoms. The largest absolute Gasteiger partial charge is 0.475 e. The van der Waals surface area contributed by atoms with Gasteiger partial charge in [-0.15, -0.1) is 0 Å². The van der Waals surface area contributed by atoms with Crippen LogP contribution in [0.15, 0.2) is 23.2 Å². The summed E-state index contributed by atoms with van der Waals surface area (Å²) in [6.45, 7) is 3.71. The van der Waals surface area contributed by atoms with Crippen molar-refractivity contribution in [1.82, 2.24) is 4.98 Å². The Hall–Kier alpha value is -1.14. The number of ether oxygens (including phenoxy) is 1. The molecular weight excluding hydrogens is 204 g/mol. The Balaban J connectivity index is 2.90. The predicted molar refractivity (Wildman–Crippen MR) is 51.4 cm³/mol. The molecule has 1 rings (SSSR count). The van der Waals surface area contributed by atoms with Gasteiger partial charge in [-0.2, -0.15) is 0 Å². The van der Waals surface area contributed by atoms with Gasteiger partial charge in [-0.25, -0.2) is 18.5 Å². The molecule has 1 aromatic rings. The average Bonchev–Trinajstić information content (AvgIpc) is 2.02. The number of nitrogens with zero attached hydrogens (tertiary/aromatic N) is 1. The van der Waals surface area contributed by atoms with E-state index >= 15 is 0 Å². The van der Waals surface area contributed by atoms with Crippen LogP contribution in [0.5, 0.6) is 5.88 Å². The van der Waals surface area contributed by atoms with E-state index in [9.17, 15) is 8.42 Å². The van der Waals surface area contributed by atoms with Crippen LogP contribution in [0.2, 0.25) is 0 Å². The first-order chi connectivity index (χ1) is 6.39. The number of rotatable bonds is 3. The molecule has 0 aliphatic heterocycles. The molecule has 0 radical (unpaired) electrons. The van der Waals surface area contributed by atoms with Crippen molar-refractivity contribution in [3.8, 4) is 5.88 Å². The Bertz CT molecular complexity index is 397. The van der Waals surface area contributed by atoms with Crippen LogP contribution in [0.1, 0.15) is 13.8 Å². The summed E-state index contributed by atoms with van der Waals surface area (Å²) in [5.74, 6) is 0.382. The van der Waals surface area contributed by atoms with Gasteiger partial charge in [-0.3, -0.25) is 0 Å². The van der Waals surface area contributed by atoms with E-state index in [1.54, 1.807) is 0 Å². The summed E-state index contributed by atoms with van der Waals surface area (Å²) in [6, 6.07) is 2.83.